The van der Waals surface area contributed by atoms with E-state index in [9.17, 15) is 4.79 Å². The SMILES string of the molecule is COc1ccc(C(=O)O)c(OCc2cn3ccsc3n2)c1. The van der Waals surface area contributed by atoms with Crippen molar-refractivity contribution in [1.82, 2.24) is 9.38 Å². The molecule has 0 aliphatic heterocycles. The molecule has 0 saturated heterocycles. The van der Waals surface area contributed by atoms with Gasteiger partial charge in [0.25, 0.3) is 0 Å². The van der Waals surface area contributed by atoms with Gasteiger partial charge in [-0.05, 0) is 12.1 Å². The van der Waals surface area contributed by atoms with Gasteiger partial charge in [-0.1, -0.05) is 0 Å². The number of hydrogen-bond donors (Lipinski definition) is 1. The lowest BCUT2D eigenvalue weighted by Gasteiger charge is -2.09. The van der Waals surface area contributed by atoms with Gasteiger partial charge in [-0.15, -0.1) is 11.3 Å². The molecule has 1 aromatic carbocycles. The number of aromatic carboxylic acids is 1. The highest BCUT2D eigenvalue weighted by Crippen LogP contribution is 2.26. The Bertz CT molecular complexity index is 765. The van der Waals surface area contributed by atoms with Crippen molar-refractivity contribution in [3.63, 3.8) is 0 Å². The lowest BCUT2D eigenvalue weighted by Crippen LogP contribution is -2.04. The number of imidazole rings is 1. The average Bonchev–Trinajstić information content (AvgIpc) is 3.05. The summed E-state index contributed by atoms with van der Waals surface area (Å²) in [4.78, 5) is 16.4. The normalized spacial score (nSPS) is 10.7. The van der Waals surface area contributed by atoms with Crippen molar-refractivity contribution < 1.29 is 19.4 Å². The van der Waals surface area contributed by atoms with Crippen LogP contribution in [0.2, 0.25) is 0 Å². The number of carboxylic acid groups (broad SMARTS) is 1. The quantitative estimate of drug-likeness (QED) is 0.784. The predicted molar refractivity (Wildman–Crippen MR) is 77.4 cm³/mol. The second-order valence-electron chi connectivity index (χ2n) is 4.28. The number of rotatable bonds is 5. The monoisotopic (exact) mass is 304 g/mol. The number of carbonyl (C=O) groups is 1. The Labute approximate surface area is 124 Å². The zero-order valence-corrected chi connectivity index (χ0v) is 12.0. The number of carboxylic acids is 1. The Balaban J connectivity index is 1.83. The summed E-state index contributed by atoms with van der Waals surface area (Å²) in [5.41, 5.74) is 0.831. The predicted octanol–water partition coefficient (Wildman–Crippen LogP) is 2.68. The van der Waals surface area contributed by atoms with Gasteiger partial charge < -0.3 is 14.6 Å². The number of ether oxygens (including phenoxy) is 2. The van der Waals surface area contributed by atoms with Gasteiger partial charge in [-0.2, -0.15) is 0 Å². The summed E-state index contributed by atoms with van der Waals surface area (Å²) in [6, 6.07) is 4.60. The summed E-state index contributed by atoms with van der Waals surface area (Å²) in [5, 5.41) is 11.1. The van der Waals surface area contributed by atoms with Crippen molar-refractivity contribution in [3.8, 4) is 11.5 Å². The highest BCUT2D eigenvalue weighted by molar-refractivity contribution is 7.15. The Morgan fingerprint density at radius 3 is 3.05 bits per heavy atom. The van der Waals surface area contributed by atoms with E-state index in [1.54, 1.807) is 12.1 Å². The van der Waals surface area contributed by atoms with E-state index in [0.29, 0.717) is 5.75 Å². The number of methoxy groups -OCH3 is 1. The molecule has 0 bridgehead atoms. The molecule has 2 heterocycles. The molecule has 0 spiro atoms. The molecular formula is C14H12N2O4S. The first-order chi connectivity index (χ1) is 10.2. The first kappa shape index (κ1) is 13.4. The Morgan fingerprint density at radius 1 is 1.48 bits per heavy atom. The molecule has 0 saturated carbocycles. The molecule has 0 aliphatic rings. The van der Waals surface area contributed by atoms with Gasteiger partial charge in [0.05, 0.1) is 12.8 Å². The first-order valence-electron chi connectivity index (χ1n) is 6.12. The summed E-state index contributed by atoms with van der Waals surface area (Å²) < 4.78 is 12.6. The van der Waals surface area contributed by atoms with Gasteiger partial charge >= 0.3 is 5.97 Å². The van der Waals surface area contributed by atoms with Crippen molar-refractivity contribution in [2.45, 2.75) is 6.61 Å². The van der Waals surface area contributed by atoms with E-state index in [4.69, 9.17) is 14.6 Å². The zero-order valence-electron chi connectivity index (χ0n) is 11.1. The highest BCUT2D eigenvalue weighted by atomic mass is 32.1. The van der Waals surface area contributed by atoms with Crippen LogP contribution in [0, 0.1) is 0 Å². The maximum Gasteiger partial charge on any atom is 0.339 e. The molecule has 0 atom stereocenters. The topological polar surface area (TPSA) is 73.1 Å². The van der Waals surface area contributed by atoms with Crippen LogP contribution in [0.5, 0.6) is 11.5 Å². The number of fused-ring (bicyclic) bond motifs is 1. The second-order valence-corrected chi connectivity index (χ2v) is 5.15. The fourth-order valence-corrected chi connectivity index (χ4v) is 2.64. The Kier molecular flexibility index (Phi) is 3.49. The molecular weight excluding hydrogens is 292 g/mol. The smallest absolute Gasteiger partial charge is 0.339 e. The molecule has 0 radical (unpaired) electrons. The van der Waals surface area contributed by atoms with Crippen molar-refractivity contribution in [2.24, 2.45) is 0 Å². The lowest BCUT2D eigenvalue weighted by molar-refractivity contribution is 0.0691. The van der Waals surface area contributed by atoms with Crippen LogP contribution in [-0.2, 0) is 6.61 Å². The fourth-order valence-electron chi connectivity index (χ4n) is 1.92. The van der Waals surface area contributed by atoms with E-state index in [1.165, 1.54) is 24.5 Å². The molecule has 0 unspecified atom stereocenters. The molecule has 0 aliphatic carbocycles. The molecule has 0 fully saturated rings. The molecule has 1 N–H and O–H groups in total. The van der Waals surface area contributed by atoms with Crippen LogP contribution >= 0.6 is 11.3 Å². The third-order valence-electron chi connectivity index (χ3n) is 2.94. The van der Waals surface area contributed by atoms with Crippen molar-refractivity contribution in [3.05, 3.63) is 47.2 Å². The Morgan fingerprint density at radius 2 is 2.33 bits per heavy atom. The van der Waals surface area contributed by atoms with Gasteiger partial charge in [0.2, 0.25) is 0 Å². The molecule has 108 valence electrons. The number of thiazole rings is 1. The third-order valence-corrected chi connectivity index (χ3v) is 3.71. The second kappa shape index (κ2) is 5.45. The van der Waals surface area contributed by atoms with Crippen LogP contribution in [0.15, 0.2) is 36.0 Å². The van der Waals surface area contributed by atoms with E-state index in [-0.39, 0.29) is 17.9 Å². The summed E-state index contributed by atoms with van der Waals surface area (Å²) in [7, 11) is 1.52. The molecule has 3 aromatic rings. The minimum absolute atomic E-state index is 0.0943. The first-order valence-corrected chi connectivity index (χ1v) is 7.00. The molecule has 3 rings (SSSR count). The number of nitrogens with zero attached hydrogens (tertiary/aromatic N) is 2. The minimum Gasteiger partial charge on any atom is -0.497 e. The van der Waals surface area contributed by atoms with Crippen molar-refractivity contribution in [2.75, 3.05) is 7.11 Å². The zero-order chi connectivity index (χ0) is 14.8. The summed E-state index contributed by atoms with van der Waals surface area (Å²) in [6.07, 6.45) is 3.76. The Hall–Kier alpha value is -2.54. The number of hydrogen-bond acceptors (Lipinski definition) is 5. The van der Waals surface area contributed by atoms with Crippen molar-refractivity contribution in [1.29, 1.82) is 0 Å². The van der Waals surface area contributed by atoms with Gasteiger partial charge in [0.15, 0.2) is 4.96 Å². The van der Waals surface area contributed by atoms with Crippen LogP contribution in [0.1, 0.15) is 16.1 Å². The maximum atomic E-state index is 11.2. The summed E-state index contributed by atoms with van der Waals surface area (Å²) in [6.45, 7) is 0.196. The lowest BCUT2D eigenvalue weighted by atomic mass is 10.2. The molecule has 21 heavy (non-hydrogen) atoms. The summed E-state index contributed by atoms with van der Waals surface area (Å²) in [5.74, 6) is -0.238. The molecule has 7 heteroatoms. The summed E-state index contributed by atoms with van der Waals surface area (Å²) >= 11 is 1.53. The van der Waals surface area contributed by atoms with Crippen LogP contribution in [-0.4, -0.2) is 27.6 Å². The van der Waals surface area contributed by atoms with Gasteiger partial charge in [0.1, 0.15) is 23.7 Å². The minimum atomic E-state index is -1.04. The maximum absolute atomic E-state index is 11.2. The molecule has 0 amide bonds. The van der Waals surface area contributed by atoms with Crippen LogP contribution < -0.4 is 9.47 Å². The standard InChI is InChI=1S/C14H12N2O4S/c1-19-10-2-3-11(13(17)18)12(6-10)20-8-9-7-16-4-5-21-14(16)15-9/h2-7H,8H2,1H3,(H,17,18). The van der Waals surface area contributed by atoms with Crippen LogP contribution in [0.4, 0.5) is 0 Å². The third kappa shape index (κ3) is 2.68. The highest BCUT2D eigenvalue weighted by Gasteiger charge is 2.13. The van der Waals surface area contributed by atoms with Gasteiger partial charge in [0, 0.05) is 23.8 Å². The van der Waals surface area contributed by atoms with E-state index >= 15 is 0 Å². The van der Waals surface area contributed by atoms with Crippen LogP contribution in [0.25, 0.3) is 4.96 Å². The van der Waals surface area contributed by atoms with E-state index < -0.39 is 5.97 Å². The number of benzene rings is 1. The van der Waals surface area contributed by atoms with E-state index in [0.717, 1.165) is 10.7 Å². The van der Waals surface area contributed by atoms with E-state index in [1.807, 2.05) is 22.2 Å². The molecule has 2 aromatic heterocycles. The van der Waals surface area contributed by atoms with E-state index in [2.05, 4.69) is 4.98 Å². The largest absolute Gasteiger partial charge is 0.497 e. The average molecular weight is 304 g/mol. The fraction of sp³-hybridized carbons (Fsp3) is 0.143. The van der Waals surface area contributed by atoms with Gasteiger partial charge in [-0.25, -0.2) is 9.78 Å². The van der Waals surface area contributed by atoms with Gasteiger partial charge in [-0.3, -0.25) is 4.40 Å². The van der Waals surface area contributed by atoms with Crippen molar-refractivity contribution >= 4 is 22.3 Å². The van der Waals surface area contributed by atoms with Crippen LogP contribution in [0.3, 0.4) is 0 Å². The molecule has 6 nitrogen and oxygen atoms in total. The number of aromatic nitrogens is 2.